The van der Waals surface area contributed by atoms with E-state index in [4.69, 9.17) is 0 Å². The number of hydrogen-bond acceptors (Lipinski definition) is 3. The predicted molar refractivity (Wildman–Crippen MR) is 105 cm³/mol. The molecule has 0 spiro atoms. The molecule has 1 aromatic rings. The van der Waals surface area contributed by atoms with Crippen molar-refractivity contribution in [2.24, 2.45) is 5.92 Å². The molecular formula is C21H30N2O3S. The Hall–Kier alpha value is -1.40. The highest BCUT2D eigenvalue weighted by Crippen LogP contribution is 2.36. The molecule has 27 heavy (non-hydrogen) atoms. The van der Waals surface area contributed by atoms with Crippen LogP contribution in [0, 0.1) is 5.92 Å². The minimum Gasteiger partial charge on any atom is -0.335 e. The van der Waals surface area contributed by atoms with Crippen molar-refractivity contribution >= 4 is 15.9 Å². The van der Waals surface area contributed by atoms with E-state index < -0.39 is 10.0 Å². The smallest absolute Gasteiger partial charge is 0.254 e. The number of piperidine rings is 2. The van der Waals surface area contributed by atoms with Crippen LogP contribution in [-0.2, 0) is 10.0 Å². The quantitative estimate of drug-likeness (QED) is 0.791. The van der Waals surface area contributed by atoms with Crippen LogP contribution in [0.5, 0.6) is 0 Å². The van der Waals surface area contributed by atoms with Gasteiger partial charge in [-0.1, -0.05) is 19.3 Å². The van der Waals surface area contributed by atoms with Crippen LogP contribution in [0.4, 0.5) is 0 Å². The Balaban J connectivity index is 1.50. The van der Waals surface area contributed by atoms with Crippen LogP contribution in [0.25, 0.3) is 0 Å². The third-order valence-electron chi connectivity index (χ3n) is 6.56. The molecule has 2 atom stereocenters. The SMILES string of the molecule is O=C(c1ccc(S(=O)(=O)N2CCCCC2)cc1)N1CCCC2CCCCC21. The van der Waals surface area contributed by atoms with Crippen molar-refractivity contribution < 1.29 is 13.2 Å². The molecule has 2 heterocycles. The Morgan fingerprint density at radius 3 is 2.22 bits per heavy atom. The molecule has 148 valence electrons. The number of benzene rings is 1. The molecular weight excluding hydrogens is 360 g/mol. The van der Waals surface area contributed by atoms with Crippen molar-refractivity contribution in [3.63, 3.8) is 0 Å². The summed E-state index contributed by atoms with van der Waals surface area (Å²) < 4.78 is 27.2. The van der Waals surface area contributed by atoms with E-state index in [1.54, 1.807) is 28.6 Å². The number of amides is 1. The maximum Gasteiger partial charge on any atom is 0.254 e. The average Bonchev–Trinajstić information content (AvgIpc) is 2.73. The van der Waals surface area contributed by atoms with E-state index in [2.05, 4.69) is 4.90 Å². The molecule has 2 aliphatic heterocycles. The van der Waals surface area contributed by atoms with Crippen LogP contribution >= 0.6 is 0 Å². The molecule has 0 radical (unpaired) electrons. The van der Waals surface area contributed by atoms with Crippen LogP contribution < -0.4 is 0 Å². The highest BCUT2D eigenvalue weighted by molar-refractivity contribution is 7.89. The molecule has 0 N–H and O–H groups in total. The lowest BCUT2D eigenvalue weighted by molar-refractivity contribution is 0.0390. The zero-order valence-corrected chi connectivity index (χ0v) is 16.8. The molecule has 1 saturated carbocycles. The molecule has 3 fully saturated rings. The Morgan fingerprint density at radius 2 is 1.48 bits per heavy atom. The van der Waals surface area contributed by atoms with Gasteiger partial charge < -0.3 is 4.90 Å². The second-order valence-electron chi connectivity index (χ2n) is 8.24. The highest BCUT2D eigenvalue weighted by atomic mass is 32.2. The van der Waals surface area contributed by atoms with Crippen LogP contribution in [0.2, 0.25) is 0 Å². The molecule has 0 bridgehead atoms. The van der Waals surface area contributed by atoms with Gasteiger partial charge in [-0.3, -0.25) is 4.79 Å². The number of hydrogen-bond donors (Lipinski definition) is 0. The predicted octanol–water partition coefficient (Wildman–Crippen LogP) is 3.66. The second-order valence-corrected chi connectivity index (χ2v) is 10.2. The van der Waals surface area contributed by atoms with Gasteiger partial charge >= 0.3 is 0 Å². The zero-order valence-electron chi connectivity index (χ0n) is 16.0. The first kappa shape index (κ1) is 18.9. The Labute approximate surface area is 162 Å². The summed E-state index contributed by atoms with van der Waals surface area (Å²) in [5.41, 5.74) is 0.610. The number of carbonyl (C=O) groups excluding carboxylic acids is 1. The fourth-order valence-electron chi connectivity index (χ4n) is 5.07. The van der Waals surface area contributed by atoms with Gasteiger partial charge in [0.25, 0.3) is 5.91 Å². The van der Waals surface area contributed by atoms with Crippen molar-refractivity contribution in [1.29, 1.82) is 0 Å². The third kappa shape index (κ3) is 3.79. The zero-order chi connectivity index (χ0) is 18.9. The lowest BCUT2D eigenvalue weighted by Gasteiger charge is -2.44. The van der Waals surface area contributed by atoms with Gasteiger partial charge in [-0.2, -0.15) is 4.31 Å². The van der Waals surface area contributed by atoms with Crippen LogP contribution in [0.15, 0.2) is 29.2 Å². The van der Waals surface area contributed by atoms with E-state index in [1.807, 2.05) is 0 Å². The van der Waals surface area contributed by atoms with E-state index in [0.29, 0.717) is 35.5 Å². The van der Waals surface area contributed by atoms with E-state index in [-0.39, 0.29) is 5.91 Å². The van der Waals surface area contributed by atoms with E-state index >= 15 is 0 Å². The fraction of sp³-hybridized carbons (Fsp3) is 0.667. The number of rotatable bonds is 3. The number of nitrogens with zero attached hydrogens (tertiary/aromatic N) is 2. The normalized spacial score (nSPS) is 27.2. The Kier molecular flexibility index (Phi) is 5.55. The van der Waals surface area contributed by atoms with Gasteiger partial charge in [-0.05, 0) is 68.7 Å². The number of fused-ring (bicyclic) bond motifs is 1. The second kappa shape index (κ2) is 7.92. The first-order valence-electron chi connectivity index (χ1n) is 10.5. The van der Waals surface area contributed by atoms with Crippen molar-refractivity contribution in [3.05, 3.63) is 29.8 Å². The van der Waals surface area contributed by atoms with Gasteiger partial charge in [0.05, 0.1) is 4.90 Å². The number of carbonyl (C=O) groups is 1. The standard InChI is InChI=1S/C21H30N2O3S/c24-21(23-16-6-8-17-7-2-3-9-20(17)23)18-10-12-19(13-11-18)27(25,26)22-14-4-1-5-15-22/h10-13,17,20H,1-9,14-16H2. The Bertz CT molecular complexity index is 767. The molecule has 3 aliphatic rings. The Morgan fingerprint density at radius 1 is 0.815 bits per heavy atom. The first-order valence-corrected chi connectivity index (χ1v) is 11.9. The topological polar surface area (TPSA) is 57.7 Å². The van der Waals surface area contributed by atoms with Crippen LogP contribution in [0.1, 0.15) is 68.1 Å². The average molecular weight is 391 g/mol. The van der Waals surface area contributed by atoms with Gasteiger partial charge in [0.2, 0.25) is 10.0 Å². The molecule has 2 unspecified atom stereocenters. The molecule has 4 rings (SSSR count). The summed E-state index contributed by atoms with van der Waals surface area (Å²) in [6.45, 7) is 2.02. The van der Waals surface area contributed by atoms with E-state index in [9.17, 15) is 13.2 Å². The van der Waals surface area contributed by atoms with Crippen molar-refractivity contribution in [2.45, 2.75) is 68.7 Å². The van der Waals surface area contributed by atoms with Crippen molar-refractivity contribution in [3.8, 4) is 0 Å². The van der Waals surface area contributed by atoms with Gasteiger partial charge in [0.1, 0.15) is 0 Å². The molecule has 1 amide bonds. The van der Waals surface area contributed by atoms with Gasteiger partial charge in [-0.25, -0.2) is 8.42 Å². The summed E-state index contributed by atoms with van der Waals surface area (Å²) in [4.78, 5) is 15.4. The van der Waals surface area contributed by atoms with Crippen LogP contribution in [0.3, 0.4) is 0 Å². The van der Waals surface area contributed by atoms with Crippen molar-refractivity contribution in [2.75, 3.05) is 19.6 Å². The summed E-state index contributed by atoms with van der Waals surface area (Å²) in [5.74, 6) is 0.712. The number of likely N-dealkylation sites (tertiary alicyclic amines) is 1. The van der Waals surface area contributed by atoms with Crippen molar-refractivity contribution in [1.82, 2.24) is 9.21 Å². The summed E-state index contributed by atoms with van der Waals surface area (Å²) in [6.07, 6.45) is 10.1. The molecule has 0 aromatic heterocycles. The largest absolute Gasteiger partial charge is 0.335 e. The summed E-state index contributed by atoms with van der Waals surface area (Å²) in [6, 6.07) is 6.99. The monoisotopic (exact) mass is 390 g/mol. The summed E-state index contributed by atoms with van der Waals surface area (Å²) >= 11 is 0. The summed E-state index contributed by atoms with van der Waals surface area (Å²) in [7, 11) is -3.44. The molecule has 2 saturated heterocycles. The molecule has 6 heteroatoms. The lowest BCUT2D eigenvalue weighted by atomic mass is 9.78. The molecule has 5 nitrogen and oxygen atoms in total. The molecule has 1 aromatic carbocycles. The van der Waals surface area contributed by atoms with Gasteiger partial charge in [-0.15, -0.1) is 0 Å². The minimum absolute atomic E-state index is 0.0634. The highest BCUT2D eigenvalue weighted by Gasteiger charge is 2.36. The van der Waals surface area contributed by atoms with Gasteiger partial charge in [0, 0.05) is 31.2 Å². The maximum atomic E-state index is 13.1. The fourth-order valence-corrected chi connectivity index (χ4v) is 6.58. The molecule has 1 aliphatic carbocycles. The summed E-state index contributed by atoms with van der Waals surface area (Å²) in [5, 5.41) is 0. The lowest BCUT2D eigenvalue weighted by Crippen LogP contribution is -2.49. The van der Waals surface area contributed by atoms with E-state index in [1.165, 1.54) is 25.7 Å². The minimum atomic E-state index is -3.44. The van der Waals surface area contributed by atoms with E-state index in [0.717, 1.165) is 38.6 Å². The third-order valence-corrected chi connectivity index (χ3v) is 8.47. The maximum absolute atomic E-state index is 13.1. The first-order chi connectivity index (χ1) is 13.1. The van der Waals surface area contributed by atoms with Gasteiger partial charge in [0.15, 0.2) is 0 Å². The number of sulfonamides is 1. The van der Waals surface area contributed by atoms with Crippen LogP contribution in [-0.4, -0.2) is 49.2 Å².